The van der Waals surface area contributed by atoms with Crippen molar-refractivity contribution in [2.24, 2.45) is 5.92 Å². The van der Waals surface area contributed by atoms with Gasteiger partial charge in [0, 0.05) is 37.0 Å². The number of carboxylic acids is 1. The van der Waals surface area contributed by atoms with Crippen LogP contribution in [-0.4, -0.2) is 46.4 Å². The largest absolute Gasteiger partial charge is 0.477 e. The Kier molecular flexibility index (Phi) is 5.63. The molecule has 2 fully saturated rings. The Balaban J connectivity index is 1.58. The molecule has 1 saturated heterocycles. The van der Waals surface area contributed by atoms with E-state index in [0.717, 1.165) is 19.0 Å². The molecule has 1 saturated carbocycles. The molecule has 4 atom stereocenters. The summed E-state index contributed by atoms with van der Waals surface area (Å²) in [5.41, 5.74) is -0.0154. The molecule has 2 aromatic heterocycles. The molecule has 1 aromatic carbocycles. The van der Waals surface area contributed by atoms with Crippen LogP contribution < -0.4 is 15.6 Å². The summed E-state index contributed by atoms with van der Waals surface area (Å²) in [5.74, 6) is -1.31. The zero-order valence-corrected chi connectivity index (χ0v) is 18.9. The zero-order valence-electron chi connectivity index (χ0n) is 18.9. The Morgan fingerprint density at radius 3 is 2.82 bits per heavy atom. The number of alkyl halides is 1. The predicted molar refractivity (Wildman–Crippen MR) is 122 cm³/mol. The lowest BCUT2D eigenvalue weighted by atomic mass is 9.98. The first-order chi connectivity index (χ1) is 16.3. The fourth-order valence-electron chi connectivity index (χ4n) is 5.24. The number of hydrogen-bond acceptors (Lipinski definition) is 6. The lowest BCUT2D eigenvalue weighted by Gasteiger charge is -2.26. The third-order valence-electron chi connectivity index (χ3n) is 6.90. The van der Waals surface area contributed by atoms with Gasteiger partial charge in [0.2, 0.25) is 11.3 Å². The summed E-state index contributed by atoms with van der Waals surface area (Å²) in [6.45, 7) is 5.54. The van der Waals surface area contributed by atoms with E-state index in [4.69, 9.17) is 4.42 Å². The molecule has 3 aromatic rings. The normalized spacial score (nSPS) is 22.9. The summed E-state index contributed by atoms with van der Waals surface area (Å²) < 4.78 is 36.5. The molecule has 1 aliphatic heterocycles. The number of rotatable bonds is 7. The number of fused-ring (bicyclic) bond motifs is 1. The summed E-state index contributed by atoms with van der Waals surface area (Å²) in [7, 11) is 0. The maximum Gasteiger partial charge on any atom is 0.341 e. The van der Waals surface area contributed by atoms with Gasteiger partial charge >= 0.3 is 5.97 Å². The number of nitrogens with zero attached hydrogens (tertiary/aromatic N) is 3. The standard InChI is InChI=1S/C24H26F2N4O4/c1-3-27-19(23-28-5-7-34-23)13-4-6-29(10-13)21-12(2)20-14(8-17(21)26)22(31)15(24(32)33)11-30(20)18-9-16(18)25/h5,7-8,11,13,16,18-19,27H,3-4,6,9-10H2,1-2H3,(H,32,33). The molecule has 0 bridgehead atoms. The van der Waals surface area contributed by atoms with Gasteiger partial charge in [0.15, 0.2) is 0 Å². The molecular formula is C24H26F2N4O4. The van der Waals surface area contributed by atoms with Crippen LogP contribution in [0.1, 0.15) is 53.7 Å². The van der Waals surface area contributed by atoms with Gasteiger partial charge in [0.25, 0.3) is 0 Å². The van der Waals surface area contributed by atoms with Crippen molar-refractivity contribution >= 4 is 22.6 Å². The van der Waals surface area contributed by atoms with Crippen molar-refractivity contribution in [2.75, 3.05) is 24.5 Å². The van der Waals surface area contributed by atoms with Gasteiger partial charge in [-0.25, -0.2) is 18.6 Å². The van der Waals surface area contributed by atoms with Crippen LogP contribution in [0.2, 0.25) is 0 Å². The zero-order chi connectivity index (χ0) is 24.1. The number of oxazole rings is 1. The van der Waals surface area contributed by atoms with E-state index >= 15 is 4.39 Å². The van der Waals surface area contributed by atoms with E-state index in [0.29, 0.717) is 35.7 Å². The van der Waals surface area contributed by atoms with Crippen LogP contribution in [0.4, 0.5) is 14.5 Å². The molecule has 34 heavy (non-hydrogen) atoms. The molecule has 0 radical (unpaired) electrons. The van der Waals surface area contributed by atoms with Gasteiger partial charge in [-0.3, -0.25) is 4.79 Å². The summed E-state index contributed by atoms with van der Waals surface area (Å²) >= 11 is 0. The fraction of sp³-hybridized carbons (Fsp3) is 0.458. The molecule has 1 aliphatic carbocycles. The maximum atomic E-state index is 15.5. The van der Waals surface area contributed by atoms with E-state index in [9.17, 15) is 19.1 Å². The Morgan fingerprint density at radius 2 is 2.21 bits per heavy atom. The SMILES string of the molecule is CCNC(c1ncco1)C1CCN(c2c(F)cc3c(=O)c(C(=O)O)cn(C4CC4F)c3c2C)C1. The second kappa shape index (κ2) is 8.50. The second-order valence-electron chi connectivity index (χ2n) is 9.03. The first-order valence-electron chi connectivity index (χ1n) is 11.4. The van der Waals surface area contributed by atoms with E-state index in [2.05, 4.69) is 10.3 Å². The predicted octanol–water partition coefficient (Wildman–Crippen LogP) is 3.60. The van der Waals surface area contributed by atoms with Crippen LogP contribution in [0, 0.1) is 18.7 Å². The number of anilines is 1. The average molecular weight is 472 g/mol. The molecule has 0 amide bonds. The Hall–Kier alpha value is -3.27. The summed E-state index contributed by atoms with van der Waals surface area (Å²) in [4.78, 5) is 30.7. The molecule has 2 aliphatic rings. The molecule has 8 nitrogen and oxygen atoms in total. The topological polar surface area (TPSA) is 101 Å². The van der Waals surface area contributed by atoms with Crippen LogP contribution in [0.3, 0.4) is 0 Å². The number of benzene rings is 1. The van der Waals surface area contributed by atoms with Crippen LogP contribution in [-0.2, 0) is 0 Å². The number of aromatic carboxylic acids is 1. The number of carboxylic acid groups (broad SMARTS) is 1. The Morgan fingerprint density at radius 1 is 1.44 bits per heavy atom. The van der Waals surface area contributed by atoms with E-state index < -0.39 is 35.0 Å². The van der Waals surface area contributed by atoms with Crippen LogP contribution in [0.5, 0.6) is 0 Å². The van der Waals surface area contributed by atoms with Gasteiger partial charge in [-0.15, -0.1) is 0 Å². The molecule has 5 rings (SSSR count). The molecular weight excluding hydrogens is 446 g/mol. The van der Waals surface area contributed by atoms with E-state index in [1.807, 2.05) is 11.8 Å². The van der Waals surface area contributed by atoms with Crippen LogP contribution >= 0.6 is 0 Å². The lowest BCUT2D eigenvalue weighted by Crippen LogP contribution is -2.31. The van der Waals surface area contributed by atoms with Gasteiger partial charge < -0.3 is 24.3 Å². The number of hydrogen-bond donors (Lipinski definition) is 2. The first-order valence-corrected chi connectivity index (χ1v) is 11.4. The molecule has 4 unspecified atom stereocenters. The molecule has 10 heteroatoms. The van der Waals surface area contributed by atoms with Crippen molar-refractivity contribution in [1.82, 2.24) is 14.9 Å². The highest BCUT2D eigenvalue weighted by Gasteiger charge is 2.41. The molecule has 3 heterocycles. The number of aryl methyl sites for hydroxylation is 1. The summed E-state index contributed by atoms with van der Waals surface area (Å²) in [6.07, 6.45) is 4.20. The van der Waals surface area contributed by atoms with Gasteiger partial charge in [0.1, 0.15) is 23.8 Å². The van der Waals surface area contributed by atoms with Crippen molar-refractivity contribution in [3.63, 3.8) is 0 Å². The highest BCUT2D eigenvalue weighted by Crippen LogP contribution is 2.43. The number of halogens is 2. The summed E-state index contributed by atoms with van der Waals surface area (Å²) in [5, 5.41) is 12.8. The molecule has 0 spiro atoms. The quantitative estimate of drug-likeness (QED) is 0.542. The number of pyridine rings is 1. The number of carbonyl (C=O) groups is 1. The number of nitrogens with one attached hydrogen (secondary N) is 1. The fourth-order valence-corrected chi connectivity index (χ4v) is 5.24. The lowest BCUT2D eigenvalue weighted by molar-refractivity contribution is 0.0694. The molecule has 180 valence electrons. The average Bonchev–Trinajstić information content (AvgIpc) is 3.19. The van der Waals surface area contributed by atoms with Crippen LogP contribution in [0.25, 0.3) is 10.9 Å². The number of aromatic nitrogens is 2. The van der Waals surface area contributed by atoms with Crippen molar-refractivity contribution in [3.8, 4) is 0 Å². The minimum absolute atomic E-state index is 0.0428. The monoisotopic (exact) mass is 472 g/mol. The smallest absolute Gasteiger partial charge is 0.341 e. The second-order valence-corrected chi connectivity index (χ2v) is 9.03. The van der Waals surface area contributed by atoms with E-state index in [-0.39, 0.29) is 23.8 Å². The van der Waals surface area contributed by atoms with E-state index in [1.54, 1.807) is 13.1 Å². The van der Waals surface area contributed by atoms with Gasteiger partial charge in [-0.05, 0) is 31.5 Å². The van der Waals surface area contributed by atoms with Crippen molar-refractivity contribution in [3.05, 3.63) is 57.8 Å². The Labute approximate surface area is 194 Å². The third-order valence-corrected chi connectivity index (χ3v) is 6.90. The maximum absolute atomic E-state index is 15.5. The highest BCUT2D eigenvalue weighted by atomic mass is 19.1. The first kappa shape index (κ1) is 22.5. The van der Waals surface area contributed by atoms with Gasteiger partial charge in [0.05, 0.1) is 29.5 Å². The Bertz CT molecular complexity index is 1310. The van der Waals surface area contributed by atoms with Crippen molar-refractivity contribution in [1.29, 1.82) is 0 Å². The minimum Gasteiger partial charge on any atom is -0.477 e. The minimum atomic E-state index is -1.41. The van der Waals surface area contributed by atoms with Crippen molar-refractivity contribution in [2.45, 2.75) is 44.9 Å². The highest BCUT2D eigenvalue weighted by molar-refractivity contribution is 5.95. The molecule has 2 N–H and O–H groups in total. The summed E-state index contributed by atoms with van der Waals surface area (Å²) in [6, 6.07) is 0.415. The van der Waals surface area contributed by atoms with Gasteiger partial charge in [-0.2, -0.15) is 0 Å². The third kappa shape index (κ3) is 3.66. The van der Waals surface area contributed by atoms with E-state index in [1.165, 1.54) is 17.0 Å². The van der Waals surface area contributed by atoms with Crippen molar-refractivity contribution < 1.29 is 23.1 Å². The van der Waals surface area contributed by atoms with Crippen LogP contribution in [0.15, 0.2) is 33.9 Å². The van der Waals surface area contributed by atoms with Gasteiger partial charge in [-0.1, -0.05) is 6.92 Å².